The molecule has 1 aromatic heterocycles. The van der Waals surface area contributed by atoms with Crippen molar-refractivity contribution in [1.29, 1.82) is 0 Å². The molecule has 0 atom stereocenters. The Hall–Kier alpha value is -3.55. The quantitative estimate of drug-likeness (QED) is 0.438. The van der Waals surface area contributed by atoms with Gasteiger partial charge in [-0.3, -0.25) is 19.5 Å². The van der Waals surface area contributed by atoms with E-state index in [-0.39, 0.29) is 17.2 Å². The molecule has 0 unspecified atom stereocenters. The van der Waals surface area contributed by atoms with Crippen LogP contribution in [0.3, 0.4) is 0 Å². The Kier molecular flexibility index (Phi) is 4.51. The maximum atomic E-state index is 12.5. The van der Waals surface area contributed by atoms with Crippen LogP contribution in [0.1, 0.15) is 12.5 Å². The van der Waals surface area contributed by atoms with Gasteiger partial charge < -0.3 is 0 Å². The number of rotatable bonds is 5. The number of benzene rings is 2. The number of nitro groups is 1. The van der Waals surface area contributed by atoms with E-state index in [0.29, 0.717) is 23.0 Å². The molecule has 126 valence electrons. The third-order valence-electron chi connectivity index (χ3n) is 3.68. The molecule has 1 heterocycles. The SMILES string of the molecule is CCn1c(N/N=C\c2ccccc2[N+](=O)[O-])nc2ccccc2c1=O. The van der Waals surface area contributed by atoms with E-state index in [0.717, 1.165) is 0 Å². The molecule has 0 aliphatic rings. The second-order valence-corrected chi connectivity index (χ2v) is 5.19. The van der Waals surface area contributed by atoms with Gasteiger partial charge in [-0.2, -0.15) is 5.10 Å². The molecule has 3 aromatic rings. The largest absolute Gasteiger partial charge is 0.278 e. The summed E-state index contributed by atoms with van der Waals surface area (Å²) in [6.07, 6.45) is 1.33. The molecular weight excluding hydrogens is 322 g/mol. The molecule has 0 fully saturated rings. The minimum absolute atomic E-state index is 0.0487. The van der Waals surface area contributed by atoms with Gasteiger partial charge in [0, 0.05) is 12.6 Å². The van der Waals surface area contributed by atoms with E-state index in [2.05, 4.69) is 15.5 Å². The van der Waals surface area contributed by atoms with Crippen LogP contribution in [0.4, 0.5) is 11.6 Å². The molecular formula is C17H15N5O3. The van der Waals surface area contributed by atoms with Gasteiger partial charge in [0.2, 0.25) is 5.95 Å². The highest BCUT2D eigenvalue weighted by Gasteiger charge is 2.11. The first-order chi connectivity index (χ1) is 12.1. The van der Waals surface area contributed by atoms with Crippen molar-refractivity contribution in [2.75, 3.05) is 5.43 Å². The van der Waals surface area contributed by atoms with Gasteiger partial charge in [0.05, 0.1) is 27.6 Å². The van der Waals surface area contributed by atoms with Crippen molar-refractivity contribution in [3.05, 3.63) is 74.6 Å². The first kappa shape index (κ1) is 16.3. The Balaban J connectivity index is 1.96. The zero-order valence-electron chi connectivity index (χ0n) is 13.4. The van der Waals surface area contributed by atoms with Gasteiger partial charge in [0.15, 0.2) is 0 Å². The molecule has 0 saturated heterocycles. The highest BCUT2D eigenvalue weighted by molar-refractivity contribution is 5.85. The number of fused-ring (bicyclic) bond motifs is 1. The zero-order valence-corrected chi connectivity index (χ0v) is 13.4. The van der Waals surface area contributed by atoms with Gasteiger partial charge in [-0.05, 0) is 25.1 Å². The number of nitro benzene ring substituents is 1. The molecule has 0 saturated carbocycles. The average molecular weight is 337 g/mol. The molecule has 3 rings (SSSR count). The number of anilines is 1. The molecule has 0 bridgehead atoms. The first-order valence-electron chi connectivity index (χ1n) is 7.64. The molecule has 0 aliphatic carbocycles. The van der Waals surface area contributed by atoms with Gasteiger partial charge in [-0.25, -0.2) is 10.4 Å². The van der Waals surface area contributed by atoms with E-state index in [9.17, 15) is 14.9 Å². The Labute approximate surface area is 142 Å². The lowest BCUT2D eigenvalue weighted by Gasteiger charge is -2.10. The van der Waals surface area contributed by atoms with Gasteiger partial charge >= 0.3 is 0 Å². The summed E-state index contributed by atoms with van der Waals surface area (Å²) >= 11 is 0. The predicted octanol–water partition coefficient (Wildman–Crippen LogP) is 2.77. The highest BCUT2D eigenvalue weighted by atomic mass is 16.6. The summed E-state index contributed by atoms with van der Waals surface area (Å²) in [6.45, 7) is 2.24. The third-order valence-corrected chi connectivity index (χ3v) is 3.68. The highest BCUT2D eigenvalue weighted by Crippen LogP contribution is 2.15. The van der Waals surface area contributed by atoms with Crippen LogP contribution >= 0.6 is 0 Å². The van der Waals surface area contributed by atoms with Gasteiger partial charge in [0.1, 0.15) is 0 Å². The van der Waals surface area contributed by atoms with E-state index in [1.807, 2.05) is 6.92 Å². The fourth-order valence-corrected chi connectivity index (χ4v) is 2.47. The number of hydrazone groups is 1. The van der Waals surface area contributed by atoms with Crippen LogP contribution in [-0.4, -0.2) is 20.7 Å². The maximum absolute atomic E-state index is 12.5. The second-order valence-electron chi connectivity index (χ2n) is 5.19. The molecule has 8 heteroatoms. The fourth-order valence-electron chi connectivity index (χ4n) is 2.47. The van der Waals surface area contributed by atoms with Crippen LogP contribution in [0.5, 0.6) is 0 Å². The van der Waals surface area contributed by atoms with Crippen molar-refractivity contribution in [2.24, 2.45) is 5.10 Å². The summed E-state index contributed by atoms with van der Waals surface area (Å²) in [5, 5.41) is 15.5. The number of nitrogens with zero attached hydrogens (tertiary/aromatic N) is 4. The van der Waals surface area contributed by atoms with Crippen molar-refractivity contribution in [1.82, 2.24) is 9.55 Å². The molecule has 8 nitrogen and oxygen atoms in total. The second kappa shape index (κ2) is 6.91. The van der Waals surface area contributed by atoms with Gasteiger partial charge in [0.25, 0.3) is 11.2 Å². The summed E-state index contributed by atoms with van der Waals surface area (Å²) in [7, 11) is 0. The van der Waals surface area contributed by atoms with E-state index in [1.54, 1.807) is 42.5 Å². The topological polar surface area (TPSA) is 102 Å². The number of hydrogen-bond donors (Lipinski definition) is 1. The standard InChI is InChI=1S/C17H15N5O3/c1-2-21-16(23)13-8-4-5-9-14(13)19-17(21)20-18-11-12-7-3-6-10-15(12)22(24)25/h3-11H,2H2,1H3,(H,19,20)/b18-11-. The Morgan fingerprint density at radius 3 is 2.72 bits per heavy atom. The maximum Gasteiger partial charge on any atom is 0.278 e. The first-order valence-corrected chi connectivity index (χ1v) is 7.64. The summed E-state index contributed by atoms with van der Waals surface area (Å²) in [4.78, 5) is 27.4. The van der Waals surface area contributed by atoms with E-state index < -0.39 is 4.92 Å². The van der Waals surface area contributed by atoms with Crippen LogP contribution in [0.2, 0.25) is 0 Å². The summed E-state index contributed by atoms with van der Waals surface area (Å²) < 4.78 is 1.46. The lowest BCUT2D eigenvalue weighted by atomic mass is 10.2. The molecule has 25 heavy (non-hydrogen) atoms. The molecule has 0 radical (unpaired) electrons. The molecule has 0 aliphatic heterocycles. The van der Waals surface area contributed by atoms with Crippen molar-refractivity contribution in [2.45, 2.75) is 13.5 Å². The smallest absolute Gasteiger partial charge is 0.277 e. The Morgan fingerprint density at radius 2 is 1.96 bits per heavy atom. The van der Waals surface area contributed by atoms with Crippen molar-refractivity contribution in [3.63, 3.8) is 0 Å². The molecule has 0 amide bonds. The summed E-state index contributed by atoms with van der Waals surface area (Å²) in [5.41, 5.74) is 3.40. The van der Waals surface area contributed by atoms with E-state index in [4.69, 9.17) is 0 Å². The minimum atomic E-state index is -0.475. The van der Waals surface area contributed by atoms with Crippen LogP contribution in [0, 0.1) is 10.1 Å². The summed E-state index contributed by atoms with van der Waals surface area (Å²) in [5.74, 6) is 0.279. The van der Waals surface area contributed by atoms with Crippen LogP contribution in [0.25, 0.3) is 10.9 Å². The number of para-hydroxylation sites is 2. The number of nitrogens with one attached hydrogen (secondary N) is 1. The van der Waals surface area contributed by atoms with Crippen LogP contribution in [0.15, 0.2) is 58.4 Å². The predicted molar refractivity (Wildman–Crippen MR) is 96.0 cm³/mol. The zero-order chi connectivity index (χ0) is 17.8. The van der Waals surface area contributed by atoms with E-state index in [1.165, 1.54) is 16.8 Å². The van der Waals surface area contributed by atoms with E-state index >= 15 is 0 Å². The lowest BCUT2D eigenvalue weighted by Crippen LogP contribution is -2.23. The normalized spacial score (nSPS) is 11.1. The van der Waals surface area contributed by atoms with Gasteiger partial charge in [-0.1, -0.05) is 24.3 Å². The summed E-state index contributed by atoms with van der Waals surface area (Å²) in [6, 6.07) is 13.3. The number of hydrogen-bond acceptors (Lipinski definition) is 6. The Morgan fingerprint density at radius 1 is 1.24 bits per heavy atom. The van der Waals surface area contributed by atoms with Crippen molar-refractivity contribution in [3.8, 4) is 0 Å². The lowest BCUT2D eigenvalue weighted by molar-refractivity contribution is -0.385. The minimum Gasteiger partial charge on any atom is -0.277 e. The van der Waals surface area contributed by atoms with Gasteiger partial charge in [-0.15, -0.1) is 0 Å². The molecule has 0 spiro atoms. The van der Waals surface area contributed by atoms with Crippen molar-refractivity contribution < 1.29 is 4.92 Å². The van der Waals surface area contributed by atoms with Crippen molar-refractivity contribution >= 4 is 28.8 Å². The van der Waals surface area contributed by atoms with Crippen LogP contribution in [-0.2, 0) is 6.54 Å². The average Bonchev–Trinajstić information content (AvgIpc) is 2.62. The fraction of sp³-hybridized carbons (Fsp3) is 0.118. The molecule has 2 aromatic carbocycles. The monoisotopic (exact) mass is 337 g/mol. The number of aromatic nitrogens is 2. The molecule has 1 N–H and O–H groups in total. The van der Waals surface area contributed by atoms with Crippen LogP contribution < -0.4 is 11.0 Å². The Bertz CT molecular complexity index is 1030. The third kappa shape index (κ3) is 3.23.